The third kappa shape index (κ3) is 3.70. The molecule has 0 radical (unpaired) electrons. The first kappa shape index (κ1) is 19.2. The summed E-state index contributed by atoms with van der Waals surface area (Å²) in [5.41, 5.74) is 3.79. The second-order valence-corrected chi connectivity index (χ2v) is 7.41. The Morgan fingerprint density at radius 3 is 1.39 bits per heavy atom. The first-order valence-electron chi connectivity index (χ1n) is 10.1. The standard InChI is InChI=1S/C26H14F2N2O3/c27-17-5-1-15(2-6-17)25-29-21-13-19(9-11-23(21)32-25)31-20-10-12-24-22(14-20)30-26(33-24)16-3-7-18(28)8-4-16/h1-14H. The molecular formula is C26H14F2N2O3. The van der Waals surface area contributed by atoms with Crippen molar-refractivity contribution in [3.05, 3.63) is 96.6 Å². The molecule has 160 valence electrons. The van der Waals surface area contributed by atoms with Crippen LogP contribution in [0.3, 0.4) is 0 Å². The van der Waals surface area contributed by atoms with E-state index in [1.165, 1.54) is 24.3 Å². The highest BCUT2D eigenvalue weighted by Crippen LogP contribution is 2.32. The van der Waals surface area contributed by atoms with Gasteiger partial charge in [-0.3, -0.25) is 0 Å². The first-order valence-corrected chi connectivity index (χ1v) is 10.1. The summed E-state index contributed by atoms with van der Waals surface area (Å²) < 4.78 is 43.9. The third-order valence-corrected chi connectivity index (χ3v) is 5.14. The van der Waals surface area contributed by atoms with E-state index in [0.717, 1.165) is 0 Å². The number of rotatable bonds is 4. The van der Waals surface area contributed by atoms with Crippen LogP contribution in [0.25, 0.3) is 45.1 Å². The van der Waals surface area contributed by atoms with Crippen LogP contribution < -0.4 is 4.74 Å². The fourth-order valence-electron chi connectivity index (χ4n) is 3.51. The summed E-state index contributed by atoms with van der Waals surface area (Å²) in [5, 5.41) is 0. The number of fused-ring (bicyclic) bond motifs is 2. The van der Waals surface area contributed by atoms with Crippen molar-refractivity contribution in [1.82, 2.24) is 9.97 Å². The Morgan fingerprint density at radius 2 is 0.970 bits per heavy atom. The highest BCUT2D eigenvalue weighted by Gasteiger charge is 2.12. The maximum atomic E-state index is 13.2. The molecule has 2 aromatic heterocycles. The van der Waals surface area contributed by atoms with E-state index >= 15 is 0 Å². The van der Waals surface area contributed by atoms with Gasteiger partial charge in [0.2, 0.25) is 11.8 Å². The molecule has 6 rings (SSSR count). The van der Waals surface area contributed by atoms with E-state index in [2.05, 4.69) is 9.97 Å². The van der Waals surface area contributed by atoms with Crippen molar-refractivity contribution in [3.8, 4) is 34.4 Å². The molecule has 6 aromatic rings. The predicted molar refractivity (Wildman–Crippen MR) is 119 cm³/mol. The molecule has 0 N–H and O–H groups in total. The average Bonchev–Trinajstić information content (AvgIpc) is 3.44. The largest absolute Gasteiger partial charge is 0.457 e. The fraction of sp³-hybridized carbons (Fsp3) is 0. The van der Waals surface area contributed by atoms with E-state index in [9.17, 15) is 8.78 Å². The van der Waals surface area contributed by atoms with Crippen LogP contribution in [0.15, 0.2) is 93.8 Å². The topological polar surface area (TPSA) is 61.3 Å². The lowest BCUT2D eigenvalue weighted by Gasteiger charge is -2.04. The smallest absolute Gasteiger partial charge is 0.227 e. The van der Waals surface area contributed by atoms with Crippen LogP contribution in [0.5, 0.6) is 11.5 Å². The van der Waals surface area contributed by atoms with Gasteiger partial charge in [-0.05, 0) is 72.8 Å². The molecule has 0 aliphatic heterocycles. The van der Waals surface area contributed by atoms with Gasteiger partial charge in [-0.15, -0.1) is 0 Å². The van der Waals surface area contributed by atoms with E-state index < -0.39 is 0 Å². The summed E-state index contributed by atoms with van der Waals surface area (Å²) in [7, 11) is 0. The zero-order chi connectivity index (χ0) is 22.4. The van der Waals surface area contributed by atoms with Crippen molar-refractivity contribution in [2.75, 3.05) is 0 Å². The molecule has 33 heavy (non-hydrogen) atoms. The Balaban J connectivity index is 1.28. The zero-order valence-corrected chi connectivity index (χ0v) is 17.0. The minimum Gasteiger partial charge on any atom is -0.457 e. The van der Waals surface area contributed by atoms with E-state index in [-0.39, 0.29) is 11.6 Å². The minimum atomic E-state index is -0.320. The molecule has 0 aliphatic carbocycles. The molecule has 0 atom stereocenters. The summed E-state index contributed by atoms with van der Waals surface area (Å²) >= 11 is 0. The maximum Gasteiger partial charge on any atom is 0.227 e. The summed E-state index contributed by atoms with van der Waals surface area (Å²) in [6.07, 6.45) is 0. The van der Waals surface area contributed by atoms with Gasteiger partial charge >= 0.3 is 0 Å². The maximum absolute atomic E-state index is 13.2. The molecule has 7 heteroatoms. The lowest BCUT2D eigenvalue weighted by molar-refractivity contribution is 0.483. The summed E-state index contributed by atoms with van der Waals surface area (Å²) in [5.74, 6) is 1.31. The Hall–Kier alpha value is -4.52. The third-order valence-electron chi connectivity index (χ3n) is 5.14. The van der Waals surface area contributed by atoms with Crippen molar-refractivity contribution in [3.63, 3.8) is 0 Å². The van der Waals surface area contributed by atoms with Gasteiger partial charge < -0.3 is 13.6 Å². The van der Waals surface area contributed by atoms with Crippen LogP contribution >= 0.6 is 0 Å². The van der Waals surface area contributed by atoms with Crippen LogP contribution in [0, 0.1) is 11.6 Å². The number of nitrogens with zero attached hydrogens (tertiary/aromatic N) is 2. The van der Waals surface area contributed by atoms with Gasteiger partial charge in [0.15, 0.2) is 11.2 Å². The Bertz CT molecular complexity index is 1480. The van der Waals surface area contributed by atoms with Gasteiger partial charge in [0, 0.05) is 23.3 Å². The SMILES string of the molecule is Fc1ccc(-c2nc3cc(Oc4ccc5oc(-c6ccc(F)cc6)nc5c4)ccc3o2)cc1. The van der Waals surface area contributed by atoms with Crippen LogP contribution in [0.1, 0.15) is 0 Å². The Labute approximate surface area is 185 Å². The molecule has 0 aliphatic rings. The molecule has 4 aromatic carbocycles. The quantitative estimate of drug-likeness (QED) is 0.286. The van der Waals surface area contributed by atoms with Crippen LogP contribution in [0.2, 0.25) is 0 Å². The molecule has 5 nitrogen and oxygen atoms in total. The number of halogens is 2. The molecule has 2 heterocycles. The second kappa shape index (κ2) is 7.56. The molecule has 0 bridgehead atoms. The van der Waals surface area contributed by atoms with Gasteiger partial charge in [0.25, 0.3) is 0 Å². The van der Waals surface area contributed by atoms with Crippen LogP contribution in [-0.4, -0.2) is 9.97 Å². The number of oxazole rings is 2. The number of hydrogen-bond donors (Lipinski definition) is 0. The molecule has 0 amide bonds. The van der Waals surface area contributed by atoms with E-state index in [1.54, 1.807) is 60.7 Å². The van der Waals surface area contributed by atoms with E-state index in [4.69, 9.17) is 13.6 Å². The lowest BCUT2D eigenvalue weighted by atomic mass is 10.2. The monoisotopic (exact) mass is 440 g/mol. The lowest BCUT2D eigenvalue weighted by Crippen LogP contribution is -1.84. The molecule has 0 saturated carbocycles. The number of aromatic nitrogens is 2. The Kier molecular flexibility index (Phi) is 4.40. The summed E-state index contributed by atoms with van der Waals surface area (Å²) in [6.45, 7) is 0. The normalized spacial score (nSPS) is 11.3. The number of benzene rings is 4. The summed E-state index contributed by atoms with van der Waals surface area (Å²) in [6, 6.07) is 22.5. The minimum absolute atomic E-state index is 0.320. The first-order chi connectivity index (χ1) is 16.1. The van der Waals surface area contributed by atoms with E-state index in [0.29, 0.717) is 56.6 Å². The highest BCUT2D eigenvalue weighted by molar-refractivity contribution is 5.79. The second-order valence-electron chi connectivity index (χ2n) is 7.41. The summed E-state index contributed by atoms with van der Waals surface area (Å²) in [4.78, 5) is 8.97. The van der Waals surface area contributed by atoms with Gasteiger partial charge in [0.1, 0.15) is 34.2 Å². The molecule has 0 saturated heterocycles. The van der Waals surface area contributed by atoms with Gasteiger partial charge in [0.05, 0.1) is 0 Å². The van der Waals surface area contributed by atoms with Gasteiger partial charge in [-0.1, -0.05) is 0 Å². The van der Waals surface area contributed by atoms with Crippen molar-refractivity contribution >= 4 is 22.2 Å². The van der Waals surface area contributed by atoms with Crippen LogP contribution in [-0.2, 0) is 0 Å². The van der Waals surface area contributed by atoms with Gasteiger partial charge in [-0.2, -0.15) is 0 Å². The van der Waals surface area contributed by atoms with Crippen molar-refractivity contribution in [2.45, 2.75) is 0 Å². The number of ether oxygens (including phenoxy) is 1. The Morgan fingerprint density at radius 1 is 0.545 bits per heavy atom. The highest BCUT2D eigenvalue weighted by atomic mass is 19.1. The van der Waals surface area contributed by atoms with Gasteiger partial charge in [-0.25, -0.2) is 18.7 Å². The molecular weight excluding hydrogens is 426 g/mol. The average molecular weight is 440 g/mol. The van der Waals surface area contributed by atoms with Crippen molar-refractivity contribution in [1.29, 1.82) is 0 Å². The number of hydrogen-bond acceptors (Lipinski definition) is 5. The van der Waals surface area contributed by atoms with Crippen molar-refractivity contribution < 1.29 is 22.4 Å². The fourth-order valence-corrected chi connectivity index (χ4v) is 3.51. The van der Waals surface area contributed by atoms with E-state index in [1.807, 2.05) is 0 Å². The zero-order valence-electron chi connectivity index (χ0n) is 17.0. The molecule has 0 spiro atoms. The van der Waals surface area contributed by atoms with Crippen molar-refractivity contribution in [2.24, 2.45) is 0 Å². The van der Waals surface area contributed by atoms with Crippen LogP contribution in [0.4, 0.5) is 8.78 Å². The molecule has 0 unspecified atom stereocenters. The molecule has 0 fully saturated rings. The predicted octanol–water partition coefficient (Wildman–Crippen LogP) is 7.37.